The summed E-state index contributed by atoms with van der Waals surface area (Å²) in [6, 6.07) is 12.4. The predicted octanol–water partition coefficient (Wildman–Crippen LogP) is 2.19. The van der Waals surface area contributed by atoms with E-state index in [9.17, 15) is 21.0 Å². The molecular weight excluding hydrogens is 464 g/mol. The van der Waals surface area contributed by atoms with Crippen LogP contribution in [0.15, 0.2) is 52.3 Å². The highest BCUT2D eigenvalue weighted by molar-refractivity contribution is 7.86. The van der Waals surface area contributed by atoms with Crippen LogP contribution in [0, 0.1) is 0 Å². The topological polar surface area (TPSA) is 113 Å². The van der Waals surface area contributed by atoms with Crippen molar-refractivity contribution in [2.45, 2.75) is 28.0 Å². The molecule has 2 aromatic carbocycles. The second-order valence-electron chi connectivity index (χ2n) is 7.24. The third-order valence-corrected chi connectivity index (χ3v) is 7.89. The molecule has 0 aliphatic carbocycles. The summed E-state index contributed by atoms with van der Waals surface area (Å²) in [5.74, 6) is 0.433. The molecular formula is C20H24O8S3. The smallest absolute Gasteiger partial charge is 0.264 e. The minimum atomic E-state index is -3.69. The molecule has 3 rings (SSSR count). The van der Waals surface area contributed by atoms with Crippen molar-refractivity contribution < 1.29 is 34.1 Å². The Kier molecular flexibility index (Phi) is 6.92. The number of hydrogen-bond donors (Lipinski definition) is 0. The van der Waals surface area contributed by atoms with Gasteiger partial charge >= 0.3 is 0 Å². The second kappa shape index (κ2) is 8.99. The largest absolute Gasteiger partial charge is 0.495 e. The zero-order valence-electron chi connectivity index (χ0n) is 17.4. The average Bonchev–Trinajstić information content (AvgIpc) is 2.69. The standard InChI is InChI=1S/C20H24O8S3/c1-26-17-9-6-8-16-19(17)29(21)18-10-5-4-7-15(18)20(16,11-13-27-30(2,22)23)12-14-28-31(3,24)25/h4-10H,11-14H2,1-3H3. The third kappa shape index (κ3) is 5.17. The molecule has 1 aliphatic rings. The highest BCUT2D eigenvalue weighted by Gasteiger charge is 2.44. The molecule has 1 aliphatic heterocycles. The van der Waals surface area contributed by atoms with Crippen molar-refractivity contribution in [2.75, 3.05) is 32.8 Å². The fourth-order valence-electron chi connectivity index (χ4n) is 3.92. The van der Waals surface area contributed by atoms with Gasteiger partial charge in [-0.3, -0.25) is 8.37 Å². The molecule has 0 saturated carbocycles. The Hall–Kier alpha value is -1.79. The average molecular weight is 489 g/mol. The lowest BCUT2D eigenvalue weighted by Gasteiger charge is -2.40. The van der Waals surface area contributed by atoms with Crippen molar-refractivity contribution in [1.82, 2.24) is 0 Å². The number of fused-ring (bicyclic) bond motifs is 2. The summed E-state index contributed by atoms with van der Waals surface area (Å²) in [4.78, 5) is 1.03. The van der Waals surface area contributed by atoms with Gasteiger partial charge in [-0.1, -0.05) is 30.3 Å². The van der Waals surface area contributed by atoms with Crippen LogP contribution in [0.4, 0.5) is 0 Å². The van der Waals surface area contributed by atoms with Gasteiger partial charge in [0.05, 0.1) is 48.5 Å². The van der Waals surface area contributed by atoms with Gasteiger partial charge in [-0.25, -0.2) is 4.21 Å². The van der Waals surface area contributed by atoms with Gasteiger partial charge in [0.25, 0.3) is 20.2 Å². The van der Waals surface area contributed by atoms with E-state index in [0.717, 1.165) is 12.5 Å². The van der Waals surface area contributed by atoms with Gasteiger partial charge in [0, 0.05) is 10.3 Å². The fraction of sp³-hybridized carbons (Fsp3) is 0.400. The third-order valence-electron chi connectivity index (χ3n) is 5.15. The minimum absolute atomic E-state index is 0.144. The lowest BCUT2D eigenvalue weighted by Crippen LogP contribution is -2.37. The van der Waals surface area contributed by atoms with E-state index in [4.69, 9.17) is 13.1 Å². The van der Waals surface area contributed by atoms with Crippen LogP contribution in [0.3, 0.4) is 0 Å². The Morgan fingerprint density at radius 3 is 1.94 bits per heavy atom. The summed E-state index contributed by atoms with van der Waals surface area (Å²) in [5.41, 5.74) is 0.477. The molecule has 0 radical (unpaired) electrons. The van der Waals surface area contributed by atoms with Crippen LogP contribution in [0.2, 0.25) is 0 Å². The van der Waals surface area contributed by atoms with E-state index < -0.39 is 36.5 Å². The quantitative estimate of drug-likeness (QED) is 0.494. The van der Waals surface area contributed by atoms with Gasteiger partial charge in [-0.05, 0) is 36.1 Å². The first kappa shape index (κ1) is 23.9. The van der Waals surface area contributed by atoms with E-state index in [2.05, 4.69) is 0 Å². The molecule has 0 fully saturated rings. The maximum absolute atomic E-state index is 13.4. The first-order valence-electron chi connectivity index (χ1n) is 9.36. The van der Waals surface area contributed by atoms with Crippen LogP contribution in [0.25, 0.3) is 0 Å². The van der Waals surface area contributed by atoms with Crippen LogP contribution in [-0.4, -0.2) is 53.9 Å². The van der Waals surface area contributed by atoms with Crippen molar-refractivity contribution >= 4 is 31.0 Å². The Morgan fingerprint density at radius 2 is 1.39 bits per heavy atom. The van der Waals surface area contributed by atoms with Gasteiger partial charge < -0.3 is 4.74 Å². The molecule has 1 unspecified atom stereocenters. The van der Waals surface area contributed by atoms with Gasteiger partial charge in [-0.15, -0.1) is 0 Å². The van der Waals surface area contributed by atoms with E-state index in [0.29, 0.717) is 26.7 Å². The van der Waals surface area contributed by atoms with Crippen molar-refractivity contribution in [3.8, 4) is 5.75 Å². The van der Waals surface area contributed by atoms with Gasteiger partial charge in [0.1, 0.15) is 5.75 Å². The molecule has 170 valence electrons. The Balaban J connectivity index is 2.20. The monoisotopic (exact) mass is 488 g/mol. The molecule has 0 N–H and O–H groups in total. The maximum Gasteiger partial charge on any atom is 0.264 e. The highest BCUT2D eigenvalue weighted by Crippen LogP contribution is 2.50. The molecule has 0 aromatic heterocycles. The van der Waals surface area contributed by atoms with Crippen LogP contribution in [0.5, 0.6) is 5.75 Å². The first-order valence-corrected chi connectivity index (χ1v) is 14.1. The van der Waals surface area contributed by atoms with E-state index in [1.165, 1.54) is 7.11 Å². The van der Waals surface area contributed by atoms with E-state index in [1.54, 1.807) is 36.4 Å². The fourth-order valence-corrected chi connectivity index (χ4v) is 6.38. The molecule has 11 heteroatoms. The zero-order chi connectivity index (χ0) is 22.9. The van der Waals surface area contributed by atoms with Crippen molar-refractivity contribution in [3.05, 3.63) is 53.6 Å². The lowest BCUT2D eigenvalue weighted by molar-refractivity contribution is 0.233. The Morgan fingerprint density at radius 1 is 0.839 bits per heavy atom. The second-order valence-corrected chi connectivity index (χ2v) is 11.9. The molecule has 0 bridgehead atoms. The highest BCUT2D eigenvalue weighted by atomic mass is 32.2. The molecule has 1 atom stereocenters. The minimum Gasteiger partial charge on any atom is -0.495 e. The normalized spacial score (nSPS) is 17.6. The van der Waals surface area contributed by atoms with Crippen LogP contribution < -0.4 is 4.74 Å². The molecule has 31 heavy (non-hydrogen) atoms. The number of methoxy groups -OCH3 is 1. The number of ether oxygens (including phenoxy) is 1. The molecule has 1 heterocycles. The molecule has 2 aromatic rings. The molecule has 0 spiro atoms. The van der Waals surface area contributed by atoms with Gasteiger partial charge in [0.15, 0.2) is 0 Å². The Labute approximate surface area is 185 Å². The van der Waals surface area contributed by atoms with Gasteiger partial charge in [-0.2, -0.15) is 16.8 Å². The molecule has 8 nitrogen and oxygen atoms in total. The number of benzene rings is 2. The summed E-state index contributed by atoms with van der Waals surface area (Å²) in [6.45, 7) is -0.287. The van der Waals surface area contributed by atoms with E-state index >= 15 is 0 Å². The predicted molar refractivity (Wildman–Crippen MR) is 116 cm³/mol. The summed E-state index contributed by atoms with van der Waals surface area (Å²) >= 11 is 0. The van der Waals surface area contributed by atoms with Gasteiger partial charge in [0.2, 0.25) is 0 Å². The zero-order valence-corrected chi connectivity index (χ0v) is 19.8. The maximum atomic E-state index is 13.4. The van der Waals surface area contributed by atoms with Crippen LogP contribution in [0.1, 0.15) is 24.0 Å². The van der Waals surface area contributed by atoms with E-state index in [-0.39, 0.29) is 26.1 Å². The van der Waals surface area contributed by atoms with Crippen molar-refractivity contribution in [3.63, 3.8) is 0 Å². The lowest BCUT2D eigenvalue weighted by atomic mass is 9.69. The summed E-state index contributed by atoms with van der Waals surface area (Å²) in [5, 5.41) is 0. The SMILES string of the molecule is COc1cccc2c1S(=O)c1ccccc1C2(CCOS(C)(=O)=O)CCOS(C)(=O)=O. The molecule has 0 amide bonds. The summed E-state index contributed by atoms with van der Waals surface area (Å²) in [7, 11) is -7.43. The molecule has 0 saturated heterocycles. The van der Waals surface area contributed by atoms with Crippen molar-refractivity contribution in [2.24, 2.45) is 0 Å². The summed E-state index contributed by atoms with van der Waals surface area (Å²) < 4.78 is 75.2. The van der Waals surface area contributed by atoms with Crippen LogP contribution in [-0.2, 0) is 44.8 Å². The summed E-state index contributed by atoms with van der Waals surface area (Å²) in [6.07, 6.45) is 2.32. The van der Waals surface area contributed by atoms with Crippen molar-refractivity contribution in [1.29, 1.82) is 0 Å². The Bertz CT molecular complexity index is 1160. The first-order chi connectivity index (χ1) is 14.5. The number of hydrogen-bond acceptors (Lipinski definition) is 8. The van der Waals surface area contributed by atoms with Crippen LogP contribution >= 0.6 is 0 Å². The van der Waals surface area contributed by atoms with E-state index in [1.807, 2.05) is 6.07 Å². The number of rotatable bonds is 9.